The maximum atomic E-state index is 12.5. The minimum absolute atomic E-state index is 0. The van der Waals surface area contributed by atoms with Crippen LogP contribution >= 0.6 is 24.8 Å². The van der Waals surface area contributed by atoms with Crippen LogP contribution in [0.4, 0.5) is 6.01 Å². The molecule has 7 nitrogen and oxygen atoms in total. The van der Waals surface area contributed by atoms with Crippen molar-refractivity contribution >= 4 is 47.8 Å². The van der Waals surface area contributed by atoms with Crippen LogP contribution in [-0.2, 0) is 9.53 Å². The van der Waals surface area contributed by atoms with Gasteiger partial charge in [-0.15, -0.1) is 24.8 Å². The summed E-state index contributed by atoms with van der Waals surface area (Å²) in [5, 5.41) is 0. The summed E-state index contributed by atoms with van der Waals surface area (Å²) in [6.07, 6.45) is 1.34. The van der Waals surface area contributed by atoms with E-state index in [1.54, 1.807) is 0 Å². The Morgan fingerprint density at radius 3 is 2.54 bits per heavy atom. The molecule has 26 heavy (non-hydrogen) atoms. The van der Waals surface area contributed by atoms with Crippen LogP contribution in [0.1, 0.15) is 12.8 Å². The summed E-state index contributed by atoms with van der Waals surface area (Å²) in [4.78, 5) is 21.0. The van der Waals surface area contributed by atoms with Gasteiger partial charge in [0.15, 0.2) is 5.58 Å². The minimum atomic E-state index is -0.325. The highest BCUT2D eigenvalue weighted by atomic mass is 35.5. The lowest BCUT2D eigenvalue weighted by molar-refractivity contribution is -0.143. The number of aromatic nitrogens is 1. The molecule has 0 aliphatic carbocycles. The molecule has 0 bridgehead atoms. The second kappa shape index (κ2) is 8.90. The van der Waals surface area contributed by atoms with Gasteiger partial charge in [-0.05, 0) is 25.0 Å². The number of rotatable bonds is 3. The molecule has 2 atom stereocenters. The van der Waals surface area contributed by atoms with E-state index in [4.69, 9.17) is 14.9 Å². The fourth-order valence-electron chi connectivity index (χ4n) is 3.38. The lowest BCUT2D eigenvalue weighted by Gasteiger charge is -2.35. The molecule has 0 radical (unpaired) electrons. The number of oxazole rings is 1. The summed E-state index contributed by atoms with van der Waals surface area (Å²) >= 11 is 0. The molecule has 1 aromatic carbocycles. The fraction of sp³-hybridized carbons (Fsp3) is 0.529. The van der Waals surface area contributed by atoms with Crippen molar-refractivity contribution in [3.05, 3.63) is 24.3 Å². The third-order valence-corrected chi connectivity index (χ3v) is 4.79. The highest BCUT2D eigenvalue weighted by Crippen LogP contribution is 2.24. The van der Waals surface area contributed by atoms with E-state index in [-0.39, 0.29) is 42.9 Å². The Balaban J connectivity index is 0.00000121. The number of hydrogen-bond donors (Lipinski definition) is 1. The van der Waals surface area contributed by atoms with Crippen molar-refractivity contribution in [2.75, 3.05) is 37.6 Å². The van der Waals surface area contributed by atoms with Crippen molar-refractivity contribution in [1.82, 2.24) is 9.88 Å². The second-order valence-corrected chi connectivity index (χ2v) is 6.34. The summed E-state index contributed by atoms with van der Waals surface area (Å²) < 4.78 is 11.5. The first-order valence-corrected chi connectivity index (χ1v) is 8.49. The predicted octanol–water partition coefficient (Wildman–Crippen LogP) is 1.83. The monoisotopic (exact) mass is 402 g/mol. The van der Waals surface area contributed by atoms with Crippen LogP contribution in [0.15, 0.2) is 28.7 Å². The minimum Gasteiger partial charge on any atom is -0.423 e. The van der Waals surface area contributed by atoms with Crippen molar-refractivity contribution in [3.8, 4) is 0 Å². The largest absolute Gasteiger partial charge is 0.423 e. The number of para-hydroxylation sites is 2. The molecule has 1 amide bonds. The maximum absolute atomic E-state index is 12.5. The van der Waals surface area contributed by atoms with Gasteiger partial charge in [0.2, 0.25) is 0 Å². The number of anilines is 1. The van der Waals surface area contributed by atoms with E-state index in [2.05, 4.69) is 9.88 Å². The number of ether oxygens (including phenoxy) is 1. The standard InChI is InChI=1S/C17H22N4O3.2ClH/c18-11-12-5-6-15(23-12)16(22)20-7-9-21(10-8-20)17-19-13-3-1-2-4-14(13)24-17;;/h1-4,12,15H,5-11,18H2;2*1H/t12-,15+;;/m1../s1. The van der Waals surface area contributed by atoms with E-state index in [1.165, 1.54) is 0 Å². The molecule has 3 heterocycles. The van der Waals surface area contributed by atoms with Gasteiger partial charge in [0.1, 0.15) is 11.6 Å². The third-order valence-electron chi connectivity index (χ3n) is 4.79. The highest BCUT2D eigenvalue weighted by molar-refractivity contribution is 5.85. The first-order chi connectivity index (χ1) is 11.7. The van der Waals surface area contributed by atoms with Crippen LogP contribution in [0.25, 0.3) is 11.1 Å². The van der Waals surface area contributed by atoms with Crippen LogP contribution in [0, 0.1) is 0 Å². The Labute approximate surface area is 164 Å². The number of fused-ring (bicyclic) bond motifs is 1. The zero-order chi connectivity index (χ0) is 16.5. The average molecular weight is 403 g/mol. The average Bonchev–Trinajstić information content (AvgIpc) is 3.28. The molecular weight excluding hydrogens is 379 g/mol. The normalized spacial score (nSPS) is 22.8. The van der Waals surface area contributed by atoms with Crippen molar-refractivity contribution in [3.63, 3.8) is 0 Å². The van der Waals surface area contributed by atoms with Gasteiger partial charge in [-0.2, -0.15) is 4.98 Å². The van der Waals surface area contributed by atoms with Crippen molar-refractivity contribution in [2.24, 2.45) is 5.73 Å². The van der Waals surface area contributed by atoms with Crippen LogP contribution < -0.4 is 10.6 Å². The van der Waals surface area contributed by atoms with E-state index in [1.807, 2.05) is 29.2 Å². The van der Waals surface area contributed by atoms with E-state index in [0.717, 1.165) is 23.9 Å². The van der Waals surface area contributed by atoms with Crippen molar-refractivity contribution < 1.29 is 13.9 Å². The second-order valence-electron chi connectivity index (χ2n) is 6.34. The van der Waals surface area contributed by atoms with Crippen molar-refractivity contribution in [2.45, 2.75) is 25.0 Å². The van der Waals surface area contributed by atoms with Crippen LogP contribution in [0.5, 0.6) is 0 Å². The SMILES string of the molecule is Cl.Cl.NC[C@H]1CC[C@@H](C(=O)N2CCN(c3nc4ccccc4o3)CC2)O1. The summed E-state index contributed by atoms with van der Waals surface area (Å²) in [6.45, 7) is 3.22. The Bertz CT molecular complexity index is 701. The molecule has 2 N–H and O–H groups in total. The van der Waals surface area contributed by atoms with E-state index < -0.39 is 0 Å². The number of amides is 1. The summed E-state index contributed by atoms with van der Waals surface area (Å²) in [5.74, 6) is 0.0863. The molecule has 0 saturated carbocycles. The number of halogens is 2. The number of carbonyl (C=O) groups excluding carboxylic acids is 1. The van der Waals surface area contributed by atoms with Gasteiger partial charge in [0.05, 0.1) is 6.10 Å². The molecular formula is C17H24Cl2N4O3. The molecule has 2 aromatic rings. The third kappa shape index (κ3) is 4.06. The summed E-state index contributed by atoms with van der Waals surface area (Å²) in [5.41, 5.74) is 7.26. The van der Waals surface area contributed by atoms with Crippen LogP contribution in [-0.4, -0.2) is 60.7 Å². The van der Waals surface area contributed by atoms with Gasteiger partial charge in [-0.25, -0.2) is 0 Å². The zero-order valence-electron chi connectivity index (χ0n) is 14.4. The number of nitrogens with two attached hydrogens (primary N) is 1. The molecule has 1 aromatic heterocycles. The molecule has 9 heteroatoms. The van der Waals surface area contributed by atoms with Gasteiger partial charge < -0.3 is 24.7 Å². The van der Waals surface area contributed by atoms with Gasteiger partial charge in [0, 0.05) is 32.7 Å². The number of hydrogen-bond acceptors (Lipinski definition) is 6. The summed E-state index contributed by atoms with van der Waals surface area (Å²) in [7, 11) is 0. The number of piperazine rings is 1. The maximum Gasteiger partial charge on any atom is 0.298 e. The Hall–Kier alpha value is -1.54. The molecule has 2 aliphatic heterocycles. The van der Waals surface area contributed by atoms with Crippen LogP contribution in [0.3, 0.4) is 0 Å². The lowest BCUT2D eigenvalue weighted by atomic mass is 10.1. The Kier molecular flexibility index (Phi) is 7.11. The Morgan fingerprint density at radius 1 is 1.15 bits per heavy atom. The zero-order valence-corrected chi connectivity index (χ0v) is 16.0. The number of benzene rings is 1. The molecule has 2 fully saturated rings. The van der Waals surface area contributed by atoms with Crippen molar-refractivity contribution in [1.29, 1.82) is 0 Å². The van der Waals surface area contributed by atoms with Gasteiger partial charge in [0.25, 0.3) is 11.9 Å². The van der Waals surface area contributed by atoms with Crippen LogP contribution in [0.2, 0.25) is 0 Å². The molecule has 0 spiro atoms. The molecule has 144 valence electrons. The van der Waals surface area contributed by atoms with Gasteiger partial charge in [-0.1, -0.05) is 12.1 Å². The highest BCUT2D eigenvalue weighted by Gasteiger charge is 2.34. The molecule has 2 saturated heterocycles. The topological polar surface area (TPSA) is 84.8 Å². The van der Waals surface area contributed by atoms with Gasteiger partial charge in [-0.3, -0.25) is 4.79 Å². The quantitative estimate of drug-likeness (QED) is 0.842. The van der Waals surface area contributed by atoms with E-state index >= 15 is 0 Å². The first-order valence-electron chi connectivity index (χ1n) is 8.49. The molecule has 4 rings (SSSR count). The predicted molar refractivity (Wildman–Crippen MR) is 104 cm³/mol. The molecule has 2 aliphatic rings. The number of nitrogens with zero attached hydrogens (tertiary/aromatic N) is 3. The van der Waals surface area contributed by atoms with E-state index in [9.17, 15) is 4.79 Å². The van der Waals surface area contributed by atoms with E-state index in [0.29, 0.717) is 38.7 Å². The first kappa shape index (κ1) is 20.8. The van der Waals surface area contributed by atoms with Gasteiger partial charge >= 0.3 is 0 Å². The summed E-state index contributed by atoms with van der Waals surface area (Å²) in [6, 6.07) is 8.36. The lowest BCUT2D eigenvalue weighted by Crippen LogP contribution is -2.51. The smallest absolute Gasteiger partial charge is 0.298 e. The Morgan fingerprint density at radius 2 is 1.88 bits per heavy atom. The molecule has 0 unspecified atom stereocenters. The number of carbonyl (C=O) groups is 1. The fourth-order valence-corrected chi connectivity index (χ4v) is 3.38.